The minimum absolute atomic E-state index is 0.775. The molecule has 1 N–H and O–H groups in total. The molecule has 0 unspecified atom stereocenters. The largest absolute Gasteiger partial charge is 0.317 e. The maximum absolute atomic E-state index is 5.52. The van der Waals surface area contributed by atoms with Crippen LogP contribution in [0, 0.1) is 5.92 Å². The molecule has 0 radical (unpaired) electrons. The lowest BCUT2D eigenvalue weighted by atomic mass is 10.1. The zero-order valence-electron chi connectivity index (χ0n) is 7.70. The van der Waals surface area contributed by atoms with Crippen LogP contribution in [-0.2, 0) is 0 Å². The highest BCUT2D eigenvalue weighted by atomic mass is 35.5. The van der Waals surface area contributed by atoms with Gasteiger partial charge >= 0.3 is 0 Å². The van der Waals surface area contributed by atoms with Gasteiger partial charge in [0, 0.05) is 5.88 Å². The molecule has 0 aliphatic heterocycles. The molecule has 68 valence electrons. The van der Waals surface area contributed by atoms with Crippen LogP contribution in [0.1, 0.15) is 33.1 Å². The van der Waals surface area contributed by atoms with Gasteiger partial charge in [-0.25, -0.2) is 0 Å². The van der Waals surface area contributed by atoms with Gasteiger partial charge in [0.1, 0.15) is 0 Å². The van der Waals surface area contributed by atoms with Crippen molar-refractivity contribution >= 4 is 11.6 Å². The van der Waals surface area contributed by atoms with Gasteiger partial charge < -0.3 is 5.32 Å². The zero-order valence-corrected chi connectivity index (χ0v) is 8.45. The first-order valence-corrected chi connectivity index (χ1v) is 5.07. The third-order valence-corrected chi connectivity index (χ3v) is 1.89. The van der Waals surface area contributed by atoms with Gasteiger partial charge in [-0.3, -0.25) is 0 Å². The fourth-order valence-electron chi connectivity index (χ4n) is 0.952. The summed E-state index contributed by atoms with van der Waals surface area (Å²) in [6.07, 6.45) is 3.71. The summed E-state index contributed by atoms with van der Waals surface area (Å²) in [6, 6.07) is 0. The molecule has 0 aliphatic rings. The molecular weight excluding hydrogens is 158 g/mol. The summed E-state index contributed by atoms with van der Waals surface area (Å²) in [6.45, 7) is 6.74. The van der Waals surface area contributed by atoms with Crippen LogP contribution in [0.2, 0.25) is 0 Å². The van der Waals surface area contributed by atoms with Crippen molar-refractivity contribution in [1.29, 1.82) is 0 Å². The van der Waals surface area contributed by atoms with Crippen molar-refractivity contribution in [3.63, 3.8) is 0 Å². The fraction of sp³-hybridized carbons (Fsp3) is 1.00. The van der Waals surface area contributed by atoms with Crippen LogP contribution in [0.5, 0.6) is 0 Å². The van der Waals surface area contributed by atoms with E-state index >= 15 is 0 Å². The first-order valence-electron chi connectivity index (χ1n) is 4.54. The summed E-state index contributed by atoms with van der Waals surface area (Å²) in [7, 11) is 0. The summed E-state index contributed by atoms with van der Waals surface area (Å²) < 4.78 is 0. The maximum atomic E-state index is 5.52. The predicted molar refractivity (Wildman–Crippen MR) is 52.3 cm³/mol. The molecule has 0 aromatic rings. The fourth-order valence-corrected chi connectivity index (χ4v) is 1.09. The first kappa shape index (κ1) is 11.2. The quantitative estimate of drug-likeness (QED) is 0.466. The predicted octanol–water partition coefficient (Wildman–Crippen LogP) is 2.64. The summed E-state index contributed by atoms with van der Waals surface area (Å²) >= 11 is 5.52. The Bertz CT molecular complexity index is 74.0. The van der Waals surface area contributed by atoms with Gasteiger partial charge in [0.25, 0.3) is 0 Å². The van der Waals surface area contributed by atoms with Crippen LogP contribution in [-0.4, -0.2) is 19.0 Å². The Labute approximate surface area is 75.5 Å². The second-order valence-corrected chi connectivity index (χ2v) is 3.71. The van der Waals surface area contributed by atoms with Gasteiger partial charge in [-0.2, -0.15) is 0 Å². The topological polar surface area (TPSA) is 12.0 Å². The highest BCUT2D eigenvalue weighted by molar-refractivity contribution is 6.17. The van der Waals surface area contributed by atoms with E-state index < -0.39 is 0 Å². The molecule has 0 rings (SSSR count). The number of halogens is 1. The Morgan fingerprint density at radius 2 is 1.82 bits per heavy atom. The van der Waals surface area contributed by atoms with E-state index in [9.17, 15) is 0 Å². The zero-order chi connectivity index (χ0) is 8.53. The van der Waals surface area contributed by atoms with Gasteiger partial charge in [0.05, 0.1) is 0 Å². The van der Waals surface area contributed by atoms with Gasteiger partial charge in [-0.15, -0.1) is 11.6 Å². The summed E-state index contributed by atoms with van der Waals surface area (Å²) in [5.41, 5.74) is 0. The minimum atomic E-state index is 0.775. The molecule has 0 aromatic carbocycles. The van der Waals surface area contributed by atoms with Gasteiger partial charge in [0.2, 0.25) is 0 Å². The molecule has 2 heteroatoms. The molecule has 0 fully saturated rings. The Balaban J connectivity index is 2.80. The maximum Gasteiger partial charge on any atom is 0.0235 e. The Morgan fingerprint density at radius 1 is 1.18 bits per heavy atom. The van der Waals surface area contributed by atoms with E-state index in [-0.39, 0.29) is 0 Å². The number of nitrogens with one attached hydrogen (secondary N) is 1. The van der Waals surface area contributed by atoms with Crippen molar-refractivity contribution in [1.82, 2.24) is 5.32 Å². The lowest BCUT2D eigenvalue weighted by Crippen LogP contribution is -2.17. The molecule has 0 saturated carbocycles. The SMILES string of the molecule is CC(C)CCCNCCCCl. The van der Waals surface area contributed by atoms with Crippen molar-refractivity contribution in [2.75, 3.05) is 19.0 Å². The monoisotopic (exact) mass is 177 g/mol. The van der Waals surface area contributed by atoms with Crippen LogP contribution in [0.3, 0.4) is 0 Å². The van der Waals surface area contributed by atoms with Crippen molar-refractivity contribution in [2.24, 2.45) is 5.92 Å². The van der Waals surface area contributed by atoms with Crippen molar-refractivity contribution in [3.05, 3.63) is 0 Å². The Hall–Kier alpha value is 0.250. The van der Waals surface area contributed by atoms with Crippen molar-refractivity contribution < 1.29 is 0 Å². The molecule has 0 aliphatic carbocycles. The second kappa shape index (κ2) is 8.35. The van der Waals surface area contributed by atoms with Crippen LogP contribution in [0.25, 0.3) is 0 Å². The van der Waals surface area contributed by atoms with E-state index in [4.69, 9.17) is 11.6 Å². The number of alkyl halides is 1. The third kappa shape index (κ3) is 10.2. The number of hydrogen-bond donors (Lipinski definition) is 1. The standard InChI is InChI=1S/C9H20ClN/c1-9(2)5-3-7-11-8-4-6-10/h9,11H,3-8H2,1-2H3. The van der Waals surface area contributed by atoms with E-state index in [1.807, 2.05) is 0 Å². The van der Waals surface area contributed by atoms with E-state index in [1.54, 1.807) is 0 Å². The van der Waals surface area contributed by atoms with Crippen LogP contribution in [0.4, 0.5) is 0 Å². The highest BCUT2D eigenvalue weighted by Crippen LogP contribution is 2.01. The normalized spacial score (nSPS) is 10.9. The molecular formula is C9H20ClN. The summed E-state index contributed by atoms with van der Waals surface area (Å²) in [5, 5.41) is 3.36. The van der Waals surface area contributed by atoms with E-state index in [1.165, 1.54) is 12.8 Å². The Morgan fingerprint density at radius 3 is 2.36 bits per heavy atom. The van der Waals surface area contributed by atoms with Gasteiger partial charge in [-0.05, 0) is 38.3 Å². The average Bonchev–Trinajstić information content (AvgIpc) is 1.96. The molecule has 0 atom stereocenters. The molecule has 0 aromatic heterocycles. The molecule has 11 heavy (non-hydrogen) atoms. The van der Waals surface area contributed by atoms with E-state index in [0.29, 0.717) is 0 Å². The molecule has 0 saturated heterocycles. The number of hydrogen-bond acceptors (Lipinski definition) is 1. The molecule has 0 bridgehead atoms. The van der Waals surface area contributed by atoms with Crippen molar-refractivity contribution in [3.8, 4) is 0 Å². The van der Waals surface area contributed by atoms with Gasteiger partial charge in [0.15, 0.2) is 0 Å². The van der Waals surface area contributed by atoms with Crippen LogP contribution < -0.4 is 5.32 Å². The smallest absolute Gasteiger partial charge is 0.0235 e. The molecule has 0 spiro atoms. The first-order chi connectivity index (χ1) is 5.27. The lowest BCUT2D eigenvalue weighted by Gasteiger charge is -2.04. The summed E-state index contributed by atoms with van der Waals surface area (Å²) in [4.78, 5) is 0. The average molecular weight is 178 g/mol. The van der Waals surface area contributed by atoms with Crippen LogP contribution >= 0.6 is 11.6 Å². The molecule has 0 heterocycles. The lowest BCUT2D eigenvalue weighted by molar-refractivity contribution is 0.527. The second-order valence-electron chi connectivity index (χ2n) is 3.33. The third-order valence-electron chi connectivity index (χ3n) is 1.62. The van der Waals surface area contributed by atoms with E-state index in [0.717, 1.165) is 31.3 Å². The number of rotatable bonds is 7. The summed E-state index contributed by atoms with van der Waals surface area (Å²) in [5.74, 6) is 1.61. The van der Waals surface area contributed by atoms with Crippen LogP contribution in [0.15, 0.2) is 0 Å². The molecule has 1 nitrogen and oxygen atoms in total. The highest BCUT2D eigenvalue weighted by Gasteiger charge is 1.92. The minimum Gasteiger partial charge on any atom is -0.317 e. The van der Waals surface area contributed by atoms with Gasteiger partial charge in [-0.1, -0.05) is 13.8 Å². The van der Waals surface area contributed by atoms with E-state index in [2.05, 4.69) is 19.2 Å². The Kier molecular flexibility index (Phi) is 8.54. The molecule has 0 amide bonds. The van der Waals surface area contributed by atoms with Crippen molar-refractivity contribution in [2.45, 2.75) is 33.1 Å².